The van der Waals surface area contributed by atoms with Crippen LogP contribution in [0.15, 0.2) is 29.2 Å². The Morgan fingerprint density at radius 1 is 1.37 bits per heavy atom. The standard InChI is InChI=1S/C14H18F3NS/c1-18-12(6-4-8-14(15,16)17)11-9-19-13-7-3-2-5-10(11)13/h2-3,5,7,11-12,18H,4,6,8-9H2,1H3. The summed E-state index contributed by atoms with van der Waals surface area (Å²) in [4.78, 5) is 1.27. The molecule has 2 unspecified atom stereocenters. The molecular weight excluding hydrogens is 271 g/mol. The molecule has 1 N–H and O–H groups in total. The third kappa shape index (κ3) is 3.89. The lowest BCUT2D eigenvalue weighted by Crippen LogP contribution is -2.32. The summed E-state index contributed by atoms with van der Waals surface area (Å²) in [6.45, 7) is 0. The predicted octanol–water partition coefficient (Wildman–Crippen LogP) is 4.20. The molecule has 1 nitrogen and oxygen atoms in total. The normalized spacial score (nSPS) is 20.3. The summed E-state index contributed by atoms with van der Waals surface area (Å²) in [6, 6.07) is 8.31. The quantitative estimate of drug-likeness (QED) is 0.872. The minimum absolute atomic E-state index is 0.124. The number of fused-ring (bicyclic) bond motifs is 1. The predicted molar refractivity (Wildman–Crippen MR) is 72.7 cm³/mol. The first-order valence-electron chi connectivity index (χ1n) is 6.47. The Bertz CT molecular complexity index is 419. The molecule has 0 spiro atoms. The molecule has 106 valence electrons. The van der Waals surface area contributed by atoms with Crippen molar-refractivity contribution in [2.45, 2.75) is 42.3 Å². The third-order valence-corrected chi connectivity index (χ3v) is 4.78. The molecule has 0 radical (unpaired) electrons. The summed E-state index contributed by atoms with van der Waals surface area (Å²) in [5.41, 5.74) is 1.28. The van der Waals surface area contributed by atoms with E-state index in [9.17, 15) is 13.2 Å². The monoisotopic (exact) mass is 289 g/mol. The fraction of sp³-hybridized carbons (Fsp3) is 0.571. The summed E-state index contributed by atoms with van der Waals surface area (Å²) >= 11 is 1.80. The SMILES string of the molecule is CNC(CCCC(F)(F)F)C1CSc2ccccc21. The van der Waals surface area contributed by atoms with Crippen molar-refractivity contribution in [3.05, 3.63) is 29.8 Å². The molecule has 2 atom stereocenters. The number of rotatable bonds is 5. The van der Waals surface area contributed by atoms with Gasteiger partial charge in [0, 0.05) is 29.0 Å². The number of nitrogens with one attached hydrogen (secondary N) is 1. The van der Waals surface area contributed by atoms with Crippen molar-refractivity contribution in [2.75, 3.05) is 12.8 Å². The van der Waals surface area contributed by atoms with E-state index in [4.69, 9.17) is 0 Å². The van der Waals surface area contributed by atoms with E-state index in [1.165, 1.54) is 10.5 Å². The number of alkyl halides is 3. The van der Waals surface area contributed by atoms with Crippen LogP contribution in [0.5, 0.6) is 0 Å². The van der Waals surface area contributed by atoms with Crippen molar-refractivity contribution in [2.24, 2.45) is 0 Å². The van der Waals surface area contributed by atoms with Gasteiger partial charge in [0.25, 0.3) is 0 Å². The lowest BCUT2D eigenvalue weighted by molar-refractivity contribution is -0.135. The second kappa shape index (κ2) is 6.18. The van der Waals surface area contributed by atoms with Gasteiger partial charge in [0.05, 0.1) is 0 Å². The molecule has 1 aromatic rings. The average molecular weight is 289 g/mol. The number of halogens is 3. The summed E-state index contributed by atoms with van der Waals surface area (Å²) in [6.07, 6.45) is -3.97. The lowest BCUT2D eigenvalue weighted by atomic mass is 9.90. The van der Waals surface area contributed by atoms with Crippen LogP contribution in [0.4, 0.5) is 13.2 Å². The Kier molecular flexibility index (Phi) is 4.79. The second-order valence-corrected chi connectivity index (χ2v) is 5.92. The van der Waals surface area contributed by atoms with E-state index in [1.807, 2.05) is 19.2 Å². The number of likely N-dealkylation sites (N-methyl/N-ethyl adjacent to an activating group) is 1. The molecule has 1 aliphatic rings. The Balaban J connectivity index is 1.96. The Hall–Kier alpha value is -0.680. The minimum atomic E-state index is -4.04. The first-order chi connectivity index (χ1) is 9.01. The average Bonchev–Trinajstić information content (AvgIpc) is 2.77. The molecule has 0 aromatic heterocycles. The summed E-state index contributed by atoms with van der Waals surface area (Å²) in [7, 11) is 1.84. The molecule has 1 heterocycles. The van der Waals surface area contributed by atoms with Gasteiger partial charge in [0.2, 0.25) is 0 Å². The van der Waals surface area contributed by atoms with Gasteiger partial charge in [-0.2, -0.15) is 13.2 Å². The first-order valence-corrected chi connectivity index (χ1v) is 7.45. The summed E-state index contributed by atoms with van der Waals surface area (Å²) in [5.74, 6) is 1.27. The maximum Gasteiger partial charge on any atom is 0.389 e. The number of thioether (sulfide) groups is 1. The minimum Gasteiger partial charge on any atom is -0.316 e. The van der Waals surface area contributed by atoms with E-state index in [0.717, 1.165) is 5.75 Å². The van der Waals surface area contributed by atoms with Gasteiger partial charge < -0.3 is 5.32 Å². The number of hydrogen-bond acceptors (Lipinski definition) is 2. The van der Waals surface area contributed by atoms with E-state index >= 15 is 0 Å². The molecule has 0 bridgehead atoms. The van der Waals surface area contributed by atoms with Crippen molar-refractivity contribution in [3.63, 3.8) is 0 Å². The van der Waals surface area contributed by atoms with Gasteiger partial charge >= 0.3 is 6.18 Å². The van der Waals surface area contributed by atoms with E-state index in [2.05, 4.69) is 17.4 Å². The zero-order valence-electron chi connectivity index (χ0n) is 10.8. The number of benzene rings is 1. The second-order valence-electron chi connectivity index (χ2n) is 4.86. The highest BCUT2D eigenvalue weighted by molar-refractivity contribution is 7.99. The molecule has 5 heteroatoms. The molecule has 1 aliphatic heterocycles. The molecule has 0 saturated carbocycles. The summed E-state index contributed by atoms with van der Waals surface area (Å²) < 4.78 is 36.6. The molecular formula is C14H18F3NS. The third-order valence-electron chi connectivity index (χ3n) is 3.57. The highest BCUT2D eigenvalue weighted by Crippen LogP contribution is 2.42. The van der Waals surface area contributed by atoms with Gasteiger partial charge in [-0.25, -0.2) is 0 Å². The van der Waals surface area contributed by atoms with Crippen LogP contribution in [0, 0.1) is 0 Å². The van der Waals surface area contributed by atoms with Gasteiger partial charge in [-0.3, -0.25) is 0 Å². The molecule has 1 aromatic carbocycles. The molecule has 0 amide bonds. The van der Waals surface area contributed by atoms with Crippen molar-refractivity contribution in [1.82, 2.24) is 5.32 Å². The van der Waals surface area contributed by atoms with Crippen LogP contribution < -0.4 is 5.32 Å². The smallest absolute Gasteiger partial charge is 0.316 e. The van der Waals surface area contributed by atoms with Gasteiger partial charge in [0.1, 0.15) is 0 Å². The Morgan fingerprint density at radius 3 is 2.79 bits per heavy atom. The topological polar surface area (TPSA) is 12.0 Å². The molecule has 0 saturated heterocycles. The van der Waals surface area contributed by atoms with E-state index in [0.29, 0.717) is 12.3 Å². The van der Waals surface area contributed by atoms with Gasteiger partial charge in [0.15, 0.2) is 0 Å². The van der Waals surface area contributed by atoms with Crippen LogP contribution in [-0.2, 0) is 0 Å². The van der Waals surface area contributed by atoms with Gasteiger partial charge in [-0.1, -0.05) is 18.2 Å². The van der Waals surface area contributed by atoms with E-state index < -0.39 is 12.6 Å². The largest absolute Gasteiger partial charge is 0.389 e. The van der Waals surface area contributed by atoms with Crippen molar-refractivity contribution < 1.29 is 13.2 Å². The molecule has 0 fully saturated rings. The van der Waals surface area contributed by atoms with Crippen LogP contribution in [0.3, 0.4) is 0 Å². The van der Waals surface area contributed by atoms with Crippen molar-refractivity contribution in [1.29, 1.82) is 0 Å². The fourth-order valence-electron chi connectivity index (χ4n) is 2.59. The molecule has 19 heavy (non-hydrogen) atoms. The molecule has 2 rings (SSSR count). The highest BCUT2D eigenvalue weighted by atomic mass is 32.2. The zero-order valence-corrected chi connectivity index (χ0v) is 11.7. The Labute approximate surface area is 116 Å². The maximum absolute atomic E-state index is 12.2. The first kappa shape index (κ1) is 14.7. The van der Waals surface area contributed by atoms with E-state index in [1.54, 1.807) is 11.8 Å². The summed E-state index contributed by atoms with van der Waals surface area (Å²) in [5, 5.41) is 3.19. The number of hydrogen-bond donors (Lipinski definition) is 1. The van der Waals surface area contributed by atoms with Crippen LogP contribution in [0.1, 0.15) is 30.7 Å². The van der Waals surface area contributed by atoms with Gasteiger partial charge in [-0.15, -0.1) is 11.8 Å². The fourth-order valence-corrected chi connectivity index (χ4v) is 3.92. The zero-order chi connectivity index (χ0) is 13.9. The van der Waals surface area contributed by atoms with Gasteiger partial charge in [-0.05, 0) is 31.5 Å². The van der Waals surface area contributed by atoms with Crippen LogP contribution in [0.25, 0.3) is 0 Å². The maximum atomic E-state index is 12.2. The van der Waals surface area contributed by atoms with E-state index in [-0.39, 0.29) is 12.5 Å². The van der Waals surface area contributed by atoms with Crippen LogP contribution >= 0.6 is 11.8 Å². The molecule has 0 aliphatic carbocycles. The van der Waals surface area contributed by atoms with Crippen molar-refractivity contribution >= 4 is 11.8 Å². The van der Waals surface area contributed by atoms with Crippen LogP contribution in [0.2, 0.25) is 0 Å². The van der Waals surface area contributed by atoms with Crippen molar-refractivity contribution in [3.8, 4) is 0 Å². The highest BCUT2D eigenvalue weighted by Gasteiger charge is 2.31. The lowest BCUT2D eigenvalue weighted by Gasteiger charge is -2.23. The van der Waals surface area contributed by atoms with Crippen LogP contribution in [-0.4, -0.2) is 25.0 Å². The Morgan fingerprint density at radius 2 is 2.11 bits per heavy atom.